The molecule has 1 heterocycles. The van der Waals surface area contributed by atoms with E-state index in [4.69, 9.17) is 9.47 Å². The molecule has 1 aromatic carbocycles. The zero-order valence-corrected chi connectivity index (χ0v) is 13.5. The van der Waals surface area contributed by atoms with Crippen molar-refractivity contribution in [3.8, 4) is 11.5 Å². The minimum absolute atomic E-state index is 0. The molecule has 1 fully saturated rings. The van der Waals surface area contributed by atoms with Crippen LogP contribution in [0.1, 0.15) is 30.1 Å². The van der Waals surface area contributed by atoms with Crippen molar-refractivity contribution >= 4 is 18.3 Å². The summed E-state index contributed by atoms with van der Waals surface area (Å²) < 4.78 is 10.4. The summed E-state index contributed by atoms with van der Waals surface area (Å²) in [6.07, 6.45) is 1.90. The van der Waals surface area contributed by atoms with Crippen molar-refractivity contribution in [1.29, 1.82) is 0 Å². The fourth-order valence-corrected chi connectivity index (χ4v) is 2.51. The highest BCUT2D eigenvalue weighted by Gasteiger charge is 2.22. The van der Waals surface area contributed by atoms with Crippen molar-refractivity contribution in [2.75, 3.05) is 20.8 Å². The van der Waals surface area contributed by atoms with E-state index in [1.165, 1.54) is 0 Å². The van der Waals surface area contributed by atoms with Crippen LogP contribution in [0.4, 0.5) is 0 Å². The fourth-order valence-electron chi connectivity index (χ4n) is 2.51. The molecule has 118 valence electrons. The van der Waals surface area contributed by atoms with Crippen molar-refractivity contribution in [1.82, 2.24) is 10.6 Å². The molecule has 1 aliphatic heterocycles. The van der Waals surface area contributed by atoms with Crippen LogP contribution in [0.3, 0.4) is 0 Å². The van der Waals surface area contributed by atoms with Gasteiger partial charge in [0, 0.05) is 18.2 Å². The highest BCUT2D eigenvalue weighted by Crippen LogP contribution is 2.24. The highest BCUT2D eigenvalue weighted by atomic mass is 35.5. The Kier molecular flexibility index (Phi) is 6.78. The van der Waals surface area contributed by atoms with Gasteiger partial charge >= 0.3 is 0 Å². The number of halogens is 1. The van der Waals surface area contributed by atoms with Crippen molar-refractivity contribution in [2.45, 2.75) is 31.8 Å². The molecule has 6 heteroatoms. The number of amides is 1. The molecule has 2 N–H and O–H groups in total. The molecule has 1 aromatic rings. The Morgan fingerprint density at radius 2 is 2.10 bits per heavy atom. The lowest BCUT2D eigenvalue weighted by Gasteiger charge is -2.28. The van der Waals surface area contributed by atoms with Crippen LogP contribution in [0.2, 0.25) is 0 Å². The summed E-state index contributed by atoms with van der Waals surface area (Å²) in [5.41, 5.74) is 0.541. The number of hydrogen-bond donors (Lipinski definition) is 2. The number of methoxy groups -OCH3 is 2. The van der Waals surface area contributed by atoms with Gasteiger partial charge in [-0.05, 0) is 38.4 Å². The third-order valence-corrected chi connectivity index (χ3v) is 3.61. The van der Waals surface area contributed by atoms with Gasteiger partial charge in [0.25, 0.3) is 5.91 Å². The molecule has 5 nitrogen and oxygen atoms in total. The van der Waals surface area contributed by atoms with E-state index in [0.29, 0.717) is 23.1 Å². The molecule has 1 saturated heterocycles. The van der Waals surface area contributed by atoms with E-state index in [1.54, 1.807) is 32.4 Å². The molecule has 2 rings (SSSR count). The predicted molar refractivity (Wildman–Crippen MR) is 84.7 cm³/mol. The SMILES string of the molecule is COc1ccc(C(=O)NC2CCNC(C)C2)c(OC)c1.Cl. The monoisotopic (exact) mass is 314 g/mol. The Morgan fingerprint density at radius 1 is 1.33 bits per heavy atom. The molecule has 0 saturated carbocycles. The van der Waals surface area contributed by atoms with Gasteiger partial charge in [-0.25, -0.2) is 0 Å². The molecular weight excluding hydrogens is 292 g/mol. The Balaban J connectivity index is 0.00000220. The topological polar surface area (TPSA) is 59.6 Å². The Morgan fingerprint density at radius 3 is 2.71 bits per heavy atom. The fraction of sp³-hybridized carbons (Fsp3) is 0.533. The van der Waals surface area contributed by atoms with Crippen LogP contribution in [0, 0.1) is 0 Å². The first kappa shape index (κ1) is 17.6. The molecule has 0 radical (unpaired) electrons. The number of rotatable bonds is 4. The van der Waals surface area contributed by atoms with E-state index in [2.05, 4.69) is 17.6 Å². The molecule has 0 aliphatic carbocycles. The van der Waals surface area contributed by atoms with Gasteiger partial charge in [-0.15, -0.1) is 12.4 Å². The first-order valence-corrected chi connectivity index (χ1v) is 6.90. The van der Waals surface area contributed by atoms with Gasteiger partial charge in [-0.1, -0.05) is 0 Å². The first-order chi connectivity index (χ1) is 9.63. The van der Waals surface area contributed by atoms with Gasteiger partial charge in [-0.2, -0.15) is 0 Å². The molecule has 1 amide bonds. The van der Waals surface area contributed by atoms with Crippen molar-refractivity contribution in [3.05, 3.63) is 23.8 Å². The van der Waals surface area contributed by atoms with Crippen LogP contribution in [0.5, 0.6) is 11.5 Å². The second-order valence-corrected chi connectivity index (χ2v) is 5.12. The van der Waals surface area contributed by atoms with Crippen LogP contribution in [0.15, 0.2) is 18.2 Å². The van der Waals surface area contributed by atoms with Gasteiger partial charge < -0.3 is 20.1 Å². The molecule has 0 aromatic heterocycles. The lowest BCUT2D eigenvalue weighted by molar-refractivity contribution is 0.0922. The third-order valence-electron chi connectivity index (χ3n) is 3.61. The highest BCUT2D eigenvalue weighted by molar-refractivity contribution is 5.97. The summed E-state index contributed by atoms with van der Waals surface area (Å²) >= 11 is 0. The first-order valence-electron chi connectivity index (χ1n) is 6.90. The Hall–Kier alpha value is -1.46. The second kappa shape index (κ2) is 8.10. The van der Waals surface area contributed by atoms with Gasteiger partial charge in [0.05, 0.1) is 19.8 Å². The zero-order valence-electron chi connectivity index (χ0n) is 12.6. The van der Waals surface area contributed by atoms with Crippen LogP contribution < -0.4 is 20.1 Å². The van der Waals surface area contributed by atoms with Crippen molar-refractivity contribution in [2.24, 2.45) is 0 Å². The molecule has 0 spiro atoms. The molecule has 2 atom stereocenters. The number of carbonyl (C=O) groups is 1. The minimum Gasteiger partial charge on any atom is -0.497 e. The van der Waals surface area contributed by atoms with Gasteiger partial charge in [0.2, 0.25) is 0 Å². The maximum absolute atomic E-state index is 12.3. The number of hydrogen-bond acceptors (Lipinski definition) is 4. The molecule has 1 aliphatic rings. The van der Waals surface area contributed by atoms with Crippen LogP contribution in [-0.2, 0) is 0 Å². The average Bonchev–Trinajstić information content (AvgIpc) is 2.46. The quantitative estimate of drug-likeness (QED) is 0.892. The predicted octanol–water partition coefficient (Wildman–Crippen LogP) is 2.00. The summed E-state index contributed by atoms with van der Waals surface area (Å²) in [5, 5.41) is 6.45. The Labute approximate surface area is 131 Å². The third kappa shape index (κ3) is 4.51. The summed E-state index contributed by atoms with van der Waals surface area (Å²) in [7, 11) is 3.14. The van der Waals surface area contributed by atoms with Crippen LogP contribution in [0.25, 0.3) is 0 Å². The number of ether oxygens (including phenoxy) is 2. The summed E-state index contributed by atoms with van der Waals surface area (Å²) in [4.78, 5) is 12.3. The van der Waals surface area contributed by atoms with Crippen LogP contribution in [-0.4, -0.2) is 38.8 Å². The number of nitrogens with one attached hydrogen (secondary N) is 2. The summed E-state index contributed by atoms with van der Waals surface area (Å²) in [6, 6.07) is 5.87. The van der Waals surface area contributed by atoms with E-state index in [9.17, 15) is 4.79 Å². The zero-order chi connectivity index (χ0) is 14.5. The van der Waals surface area contributed by atoms with Gasteiger partial charge in [0.1, 0.15) is 11.5 Å². The van der Waals surface area contributed by atoms with Crippen molar-refractivity contribution in [3.63, 3.8) is 0 Å². The van der Waals surface area contributed by atoms with E-state index < -0.39 is 0 Å². The lowest BCUT2D eigenvalue weighted by atomic mass is 10.00. The molecule has 0 bridgehead atoms. The standard InChI is InChI=1S/C15H22N2O3.ClH/c1-10-8-11(6-7-16-10)17-15(18)13-5-4-12(19-2)9-14(13)20-3;/h4-5,9-11,16H,6-8H2,1-3H3,(H,17,18);1H. The normalized spacial score (nSPS) is 21.1. The summed E-state index contributed by atoms with van der Waals surface area (Å²) in [6.45, 7) is 3.07. The lowest BCUT2D eigenvalue weighted by Crippen LogP contribution is -2.46. The largest absolute Gasteiger partial charge is 0.497 e. The smallest absolute Gasteiger partial charge is 0.255 e. The number of benzene rings is 1. The maximum Gasteiger partial charge on any atom is 0.255 e. The number of carbonyl (C=O) groups excluding carboxylic acids is 1. The summed E-state index contributed by atoms with van der Waals surface area (Å²) in [5.74, 6) is 1.11. The van der Waals surface area contributed by atoms with E-state index in [-0.39, 0.29) is 24.4 Å². The Bertz CT molecular complexity index is 482. The maximum atomic E-state index is 12.3. The van der Waals surface area contributed by atoms with Gasteiger partial charge in [0.15, 0.2) is 0 Å². The van der Waals surface area contributed by atoms with E-state index in [1.807, 2.05) is 0 Å². The van der Waals surface area contributed by atoms with Crippen LogP contribution >= 0.6 is 12.4 Å². The number of piperidine rings is 1. The van der Waals surface area contributed by atoms with E-state index >= 15 is 0 Å². The second-order valence-electron chi connectivity index (χ2n) is 5.12. The molecular formula is C15H23ClN2O3. The van der Waals surface area contributed by atoms with Gasteiger partial charge in [-0.3, -0.25) is 4.79 Å². The molecule has 2 unspecified atom stereocenters. The van der Waals surface area contributed by atoms with E-state index in [0.717, 1.165) is 19.4 Å². The minimum atomic E-state index is -0.0939. The average molecular weight is 315 g/mol. The molecule has 21 heavy (non-hydrogen) atoms. The van der Waals surface area contributed by atoms with Crippen molar-refractivity contribution < 1.29 is 14.3 Å².